The zero-order chi connectivity index (χ0) is 16.1. The third-order valence-electron chi connectivity index (χ3n) is 3.78. The van der Waals surface area contributed by atoms with Gasteiger partial charge in [0.1, 0.15) is 5.75 Å². The Morgan fingerprint density at radius 2 is 2.14 bits per heavy atom. The van der Waals surface area contributed by atoms with Gasteiger partial charge in [0.15, 0.2) is 0 Å². The van der Waals surface area contributed by atoms with Crippen LogP contribution in [-0.4, -0.2) is 29.1 Å². The van der Waals surface area contributed by atoms with Crippen molar-refractivity contribution in [1.29, 1.82) is 0 Å². The van der Waals surface area contributed by atoms with E-state index in [1.807, 2.05) is 38.1 Å². The fraction of sp³-hybridized carbons (Fsp3) is 0.529. The van der Waals surface area contributed by atoms with Crippen LogP contribution in [0.1, 0.15) is 38.7 Å². The normalized spacial score (nSPS) is 20.9. The average Bonchev–Trinajstić information content (AvgIpc) is 2.86. The maximum absolute atomic E-state index is 12.1. The van der Waals surface area contributed by atoms with Gasteiger partial charge in [-0.25, -0.2) is 0 Å². The lowest BCUT2D eigenvalue weighted by Gasteiger charge is -2.13. The Hall–Kier alpha value is -2.04. The number of amides is 1. The van der Waals surface area contributed by atoms with Crippen LogP contribution in [0.3, 0.4) is 0 Å². The first-order chi connectivity index (χ1) is 10.4. The fourth-order valence-electron chi connectivity index (χ4n) is 2.80. The number of hydrogen-bond acceptors (Lipinski definition) is 3. The summed E-state index contributed by atoms with van der Waals surface area (Å²) in [5, 5.41) is 11.9. The van der Waals surface area contributed by atoms with Crippen LogP contribution < -0.4 is 10.1 Å². The van der Waals surface area contributed by atoms with Crippen molar-refractivity contribution in [2.75, 3.05) is 0 Å². The molecular weight excluding hydrogens is 282 g/mol. The van der Waals surface area contributed by atoms with E-state index < -0.39 is 5.97 Å². The Bertz CT molecular complexity index is 541. The molecule has 0 aliphatic heterocycles. The number of carbonyl (C=O) groups excluding carboxylic acids is 1. The van der Waals surface area contributed by atoms with Crippen molar-refractivity contribution in [3.63, 3.8) is 0 Å². The molecule has 1 aromatic rings. The lowest BCUT2D eigenvalue weighted by atomic mass is 10.1. The van der Waals surface area contributed by atoms with E-state index in [1.54, 1.807) is 0 Å². The summed E-state index contributed by atoms with van der Waals surface area (Å²) in [6.07, 6.45) is 2.27. The van der Waals surface area contributed by atoms with Crippen molar-refractivity contribution in [3.05, 3.63) is 29.8 Å². The lowest BCUT2D eigenvalue weighted by Crippen LogP contribution is -2.34. The molecule has 1 amide bonds. The van der Waals surface area contributed by atoms with Gasteiger partial charge in [0.2, 0.25) is 5.91 Å². The highest BCUT2D eigenvalue weighted by Gasteiger charge is 2.30. The van der Waals surface area contributed by atoms with Gasteiger partial charge in [0.25, 0.3) is 0 Å². The van der Waals surface area contributed by atoms with Crippen molar-refractivity contribution >= 4 is 11.9 Å². The molecule has 1 saturated carbocycles. The van der Waals surface area contributed by atoms with Crippen LogP contribution in [0.4, 0.5) is 0 Å². The highest BCUT2D eigenvalue weighted by Crippen LogP contribution is 2.25. The predicted molar refractivity (Wildman–Crippen MR) is 82.8 cm³/mol. The minimum atomic E-state index is -0.768. The summed E-state index contributed by atoms with van der Waals surface area (Å²) in [6, 6.07) is 7.48. The second kappa shape index (κ2) is 7.29. The number of hydrogen-bond donors (Lipinski definition) is 2. The molecule has 1 aromatic carbocycles. The van der Waals surface area contributed by atoms with Gasteiger partial charge in [0, 0.05) is 6.04 Å². The Morgan fingerprint density at radius 3 is 2.77 bits per heavy atom. The van der Waals surface area contributed by atoms with Crippen LogP contribution in [-0.2, 0) is 16.0 Å². The summed E-state index contributed by atoms with van der Waals surface area (Å²) in [7, 11) is 0. The number of ether oxygens (including phenoxy) is 1. The second-order valence-electron chi connectivity index (χ2n) is 6.10. The maximum atomic E-state index is 12.1. The summed E-state index contributed by atoms with van der Waals surface area (Å²) in [5.41, 5.74) is 0.892. The standard InChI is InChI=1S/C17H23NO4/c1-11(2)22-15-5-3-4-12(8-15)9-16(19)18-14-7-6-13(10-14)17(20)21/h3-5,8,11,13-14H,6-7,9-10H2,1-2H3,(H,18,19)(H,20,21)/t13-,14+/m1/s1. The molecule has 120 valence electrons. The summed E-state index contributed by atoms with van der Waals surface area (Å²) in [6.45, 7) is 3.91. The molecule has 1 fully saturated rings. The molecule has 1 aliphatic rings. The van der Waals surface area contributed by atoms with Crippen molar-refractivity contribution in [3.8, 4) is 5.75 Å². The van der Waals surface area contributed by atoms with Crippen molar-refractivity contribution < 1.29 is 19.4 Å². The van der Waals surface area contributed by atoms with Gasteiger partial charge < -0.3 is 15.2 Å². The second-order valence-corrected chi connectivity index (χ2v) is 6.10. The van der Waals surface area contributed by atoms with Crippen LogP contribution in [0, 0.1) is 5.92 Å². The minimum absolute atomic E-state index is 0.0244. The van der Waals surface area contributed by atoms with Crippen LogP contribution in [0.5, 0.6) is 5.75 Å². The van der Waals surface area contributed by atoms with Crippen molar-refractivity contribution in [1.82, 2.24) is 5.32 Å². The van der Waals surface area contributed by atoms with Crippen molar-refractivity contribution in [2.45, 2.75) is 51.7 Å². The first kappa shape index (κ1) is 16.3. The zero-order valence-electron chi connectivity index (χ0n) is 13.0. The van der Waals surface area contributed by atoms with E-state index in [-0.39, 0.29) is 30.4 Å². The topological polar surface area (TPSA) is 75.6 Å². The van der Waals surface area contributed by atoms with E-state index in [9.17, 15) is 9.59 Å². The molecule has 0 aromatic heterocycles. The summed E-state index contributed by atoms with van der Waals surface area (Å²) in [5.74, 6) is -0.409. The van der Waals surface area contributed by atoms with E-state index in [1.165, 1.54) is 0 Å². The van der Waals surface area contributed by atoms with Gasteiger partial charge in [-0.15, -0.1) is 0 Å². The molecule has 0 saturated heterocycles. The Morgan fingerprint density at radius 1 is 1.36 bits per heavy atom. The molecule has 0 bridgehead atoms. The minimum Gasteiger partial charge on any atom is -0.491 e. The van der Waals surface area contributed by atoms with Crippen LogP contribution >= 0.6 is 0 Å². The van der Waals surface area contributed by atoms with Gasteiger partial charge >= 0.3 is 5.97 Å². The molecule has 2 N–H and O–H groups in total. The maximum Gasteiger partial charge on any atom is 0.306 e. The molecule has 2 atom stereocenters. The Balaban J connectivity index is 1.86. The number of aliphatic carboxylic acids is 1. The van der Waals surface area contributed by atoms with Crippen LogP contribution in [0.25, 0.3) is 0 Å². The summed E-state index contributed by atoms with van der Waals surface area (Å²) >= 11 is 0. The highest BCUT2D eigenvalue weighted by atomic mass is 16.5. The number of benzene rings is 1. The number of rotatable bonds is 6. The highest BCUT2D eigenvalue weighted by molar-refractivity contribution is 5.79. The van der Waals surface area contributed by atoms with E-state index in [0.29, 0.717) is 12.8 Å². The zero-order valence-corrected chi connectivity index (χ0v) is 13.0. The Kier molecular flexibility index (Phi) is 5.41. The average molecular weight is 305 g/mol. The SMILES string of the molecule is CC(C)Oc1cccc(CC(=O)N[C@H]2CC[C@@H](C(=O)O)C2)c1. The smallest absolute Gasteiger partial charge is 0.306 e. The molecule has 5 heteroatoms. The van der Waals surface area contributed by atoms with E-state index in [2.05, 4.69) is 5.32 Å². The molecule has 22 heavy (non-hydrogen) atoms. The third kappa shape index (κ3) is 4.76. The lowest BCUT2D eigenvalue weighted by molar-refractivity contribution is -0.141. The molecule has 0 unspecified atom stereocenters. The number of carboxylic acid groups (broad SMARTS) is 1. The molecular formula is C17H23NO4. The van der Waals surface area contributed by atoms with Crippen LogP contribution in [0.15, 0.2) is 24.3 Å². The monoisotopic (exact) mass is 305 g/mol. The molecule has 0 radical (unpaired) electrons. The van der Waals surface area contributed by atoms with Crippen molar-refractivity contribution in [2.24, 2.45) is 5.92 Å². The predicted octanol–water partition coefficient (Wildman–Crippen LogP) is 2.39. The van der Waals surface area contributed by atoms with E-state index >= 15 is 0 Å². The molecule has 1 aliphatic carbocycles. The summed E-state index contributed by atoms with van der Waals surface area (Å²) in [4.78, 5) is 23.0. The first-order valence-corrected chi connectivity index (χ1v) is 7.72. The largest absolute Gasteiger partial charge is 0.491 e. The fourth-order valence-corrected chi connectivity index (χ4v) is 2.80. The molecule has 5 nitrogen and oxygen atoms in total. The number of carboxylic acids is 1. The summed E-state index contributed by atoms with van der Waals surface area (Å²) < 4.78 is 5.61. The van der Waals surface area contributed by atoms with Gasteiger partial charge in [-0.1, -0.05) is 12.1 Å². The molecule has 0 heterocycles. The van der Waals surface area contributed by atoms with Gasteiger partial charge in [-0.3, -0.25) is 9.59 Å². The molecule has 2 rings (SSSR count). The quantitative estimate of drug-likeness (QED) is 0.846. The van der Waals surface area contributed by atoms with Crippen LogP contribution in [0.2, 0.25) is 0 Å². The number of carbonyl (C=O) groups is 2. The van der Waals surface area contributed by atoms with Gasteiger partial charge in [0.05, 0.1) is 18.4 Å². The third-order valence-corrected chi connectivity index (χ3v) is 3.78. The van der Waals surface area contributed by atoms with E-state index in [0.717, 1.165) is 17.7 Å². The molecule has 0 spiro atoms. The van der Waals surface area contributed by atoms with Gasteiger partial charge in [-0.05, 0) is 50.8 Å². The van der Waals surface area contributed by atoms with Gasteiger partial charge in [-0.2, -0.15) is 0 Å². The Labute approximate surface area is 130 Å². The van der Waals surface area contributed by atoms with E-state index in [4.69, 9.17) is 9.84 Å². The first-order valence-electron chi connectivity index (χ1n) is 7.72. The number of nitrogens with one attached hydrogen (secondary N) is 1.